The van der Waals surface area contributed by atoms with Crippen molar-refractivity contribution in [3.63, 3.8) is 0 Å². The molecule has 0 saturated carbocycles. The zero-order valence-electron chi connectivity index (χ0n) is 7.01. The molecule has 0 aliphatic rings. The third kappa shape index (κ3) is 2.66. The molecule has 0 amide bonds. The van der Waals surface area contributed by atoms with Crippen molar-refractivity contribution in [3.8, 4) is 0 Å². The SMILES string of the molecule is O=CCCS(=O)(=O)c1ccccc1. The van der Waals surface area contributed by atoms with Gasteiger partial charge in [-0.3, -0.25) is 0 Å². The molecule has 0 saturated heterocycles. The van der Waals surface area contributed by atoms with Crippen molar-refractivity contribution in [1.29, 1.82) is 0 Å². The molecule has 0 bridgehead atoms. The number of rotatable bonds is 4. The Bertz CT molecular complexity index is 367. The van der Waals surface area contributed by atoms with Crippen molar-refractivity contribution in [2.75, 3.05) is 5.75 Å². The summed E-state index contributed by atoms with van der Waals surface area (Å²) in [4.78, 5) is 10.3. The highest BCUT2D eigenvalue weighted by Crippen LogP contribution is 2.10. The molecule has 0 radical (unpaired) electrons. The summed E-state index contributed by atoms with van der Waals surface area (Å²) >= 11 is 0. The van der Waals surface area contributed by atoms with Gasteiger partial charge in [-0.15, -0.1) is 0 Å². The van der Waals surface area contributed by atoms with Crippen molar-refractivity contribution in [2.24, 2.45) is 0 Å². The van der Waals surface area contributed by atoms with Crippen molar-refractivity contribution in [2.45, 2.75) is 11.3 Å². The Morgan fingerprint density at radius 1 is 1.15 bits per heavy atom. The fourth-order valence-electron chi connectivity index (χ4n) is 0.949. The molecule has 1 aromatic carbocycles. The van der Waals surface area contributed by atoms with Crippen LogP contribution in [-0.2, 0) is 14.6 Å². The van der Waals surface area contributed by atoms with Gasteiger partial charge in [0, 0.05) is 6.42 Å². The average molecular weight is 198 g/mol. The van der Waals surface area contributed by atoms with E-state index >= 15 is 0 Å². The number of carbonyl (C=O) groups excluding carboxylic acids is 1. The normalized spacial score (nSPS) is 11.1. The minimum atomic E-state index is -3.25. The number of carbonyl (C=O) groups is 1. The van der Waals surface area contributed by atoms with Crippen LogP contribution in [0, 0.1) is 0 Å². The van der Waals surface area contributed by atoms with E-state index in [9.17, 15) is 13.2 Å². The lowest BCUT2D eigenvalue weighted by Gasteiger charge is -2.00. The Balaban J connectivity index is 2.88. The van der Waals surface area contributed by atoms with Gasteiger partial charge in [0.1, 0.15) is 6.29 Å². The van der Waals surface area contributed by atoms with Gasteiger partial charge < -0.3 is 4.79 Å². The first-order chi connectivity index (χ1) is 6.17. The summed E-state index contributed by atoms with van der Waals surface area (Å²) in [6, 6.07) is 8.13. The minimum absolute atomic E-state index is 0.0528. The number of benzene rings is 1. The highest BCUT2D eigenvalue weighted by atomic mass is 32.2. The molecule has 0 atom stereocenters. The molecular formula is C9H10O3S. The predicted octanol–water partition coefficient (Wildman–Crippen LogP) is 1.05. The third-order valence-electron chi connectivity index (χ3n) is 1.61. The first-order valence-corrected chi connectivity index (χ1v) is 5.53. The maximum Gasteiger partial charge on any atom is 0.178 e. The van der Waals surface area contributed by atoms with Gasteiger partial charge in [0.25, 0.3) is 0 Å². The molecule has 0 fully saturated rings. The Morgan fingerprint density at radius 2 is 1.77 bits per heavy atom. The Kier molecular flexibility index (Phi) is 3.19. The zero-order valence-corrected chi connectivity index (χ0v) is 7.83. The molecule has 0 aromatic heterocycles. The molecule has 0 aliphatic carbocycles. The fraction of sp³-hybridized carbons (Fsp3) is 0.222. The standard InChI is InChI=1S/C9H10O3S/c10-7-4-8-13(11,12)9-5-2-1-3-6-9/h1-3,5-7H,4,8H2. The van der Waals surface area contributed by atoms with E-state index in [0.29, 0.717) is 6.29 Å². The summed E-state index contributed by atoms with van der Waals surface area (Å²) in [6.45, 7) is 0. The quantitative estimate of drug-likeness (QED) is 0.679. The molecule has 70 valence electrons. The van der Waals surface area contributed by atoms with E-state index in [1.165, 1.54) is 12.1 Å². The molecule has 1 aromatic rings. The van der Waals surface area contributed by atoms with E-state index in [1.54, 1.807) is 18.2 Å². The largest absolute Gasteiger partial charge is 0.303 e. The first kappa shape index (κ1) is 9.92. The van der Waals surface area contributed by atoms with Crippen LogP contribution in [0.2, 0.25) is 0 Å². The summed E-state index contributed by atoms with van der Waals surface area (Å²) in [6.07, 6.45) is 0.664. The number of hydrogen-bond acceptors (Lipinski definition) is 3. The van der Waals surface area contributed by atoms with Crippen LogP contribution < -0.4 is 0 Å². The predicted molar refractivity (Wildman–Crippen MR) is 49.2 cm³/mol. The molecule has 0 N–H and O–H groups in total. The summed E-state index contributed by atoms with van der Waals surface area (Å²) < 4.78 is 22.9. The van der Waals surface area contributed by atoms with E-state index in [1.807, 2.05) is 0 Å². The van der Waals surface area contributed by atoms with Gasteiger partial charge in [0.15, 0.2) is 9.84 Å². The average Bonchev–Trinajstić information content (AvgIpc) is 2.16. The monoisotopic (exact) mass is 198 g/mol. The van der Waals surface area contributed by atoms with Crippen LogP contribution in [0.25, 0.3) is 0 Å². The number of aldehydes is 1. The lowest BCUT2D eigenvalue weighted by atomic mass is 10.4. The molecule has 4 heteroatoms. The van der Waals surface area contributed by atoms with Crippen LogP contribution >= 0.6 is 0 Å². The van der Waals surface area contributed by atoms with Crippen LogP contribution in [0.15, 0.2) is 35.2 Å². The van der Waals surface area contributed by atoms with Gasteiger partial charge in [-0.05, 0) is 12.1 Å². The van der Waals surface area contributed by atoms with Gasteiger partial charge in [-0.1, -0.05) is 18.2 Å². The molecule has 0 spiro atoms. The fourth-order valence-corrected chi connectivity index (χ4v) is 2.16. The van der Waals surface area contributed by atoms with Crippen LogP contribution in [0.4, 0.5) is 0 Å². The van der Waals surface area contributed by atoms with Crippen LogP contribution in [-0.4, -0.2) is 20.5 Å². The maximum atomic E-state index is 11.4. The first-order valence-electron chi connectivity index (χ1n) is 3.88. The number of sulfone groups is 1. The van der Waals surface area contributed by atoms with E-state index in [2.05, 4.69) is 0 Å². The van der Waals surface area contributed by atoms with Gasteiger partial charge in [0.05, 0.1) is 10.6 Å². The maximum absolute atomic E-state index is 11.4. The van der Waals surface area contributed by atoms with Crippen molar-refractivity contribution < 1.29 is 13.2 Å². The smallest absolute Gasteiger partial charge is 0.178 e. The van der Waals surface area contributed by atoms with Crippen LogP contribution in [0.5, 0.6) is 0 Å². The topological polar surface area (TPSA) is 51.2 Å². The zero-order chi connectivity index (χ0) is 9.73. The summed E-state index contributed by atoms with van der Waals surface area (Å²) in [5, 5.41) is 0. The molecule has 13 heavy (non-hydrogen) atoms. The number of hydrogen-bond donors (Lipinski definition) is 0. The summed E-state index contributed by atoms with van der Waals surface area (Å²) in [5.74, 6) is -0.111. The molecule has 1 rings (SSSR count). The minimum Gasteiger partial charge on any atom is -0.303 e. The molecule has 3 nitrogen and oxygen atoms in total. The highest BCUT2D eigenvalue weighted by molar-refractivity contribution is 7.91. The van der Waals surface area contributed by atoms with Crippen molar-refractivity contribution in [3.05, 3.63) is 30.3 Å². The van der Waals surface area contributed by atoms with E-state index in [0.717, 1.165) is 0 Å². The van der Waals surface area contributed by atoms with E-state index < -0.39 is 9.84 Å². The van der Waals surface area contributed by atoms with Crippen LogP contribution in [0.3, 0.4) is 0 Å². The Hall–Kier alpha value is -1.16. The Labute approximate surface area is 77.3 Å². The van der Waals surface area contributed by atoms with E-state index in [4.69, 9.17) is 0 Å². The lowest BCUT2D eigenvalue weighted by molar-refractivity contribution is -0.107. The molecule has 0 heterocycles. The van der Waals surface area contributed by atoms with Crippen LogP contribution in [0.1, 0.15) is 6.42 Å². The molecular weight excluding hydrogens is 188 g/mol. The summed E-state index contributed by atoms with van der Waals surface area (Å²) in [7, 11) is -3.25. The molecule has 0 aliphatic heterocycles. The van der Waals surface area contributed by atoms with Crippen molar-refractivity contribution >= 4 is 16.1 Å². The van der Waals surface area contributed by atoms with Gasteiger partial charge in [-0.25, -0.2) is 8.42 Å². The van der Waals surface area contributed by atoms with Gasteiger partial charge in [0.2, 0.25) is 0 Å². The van der Waals surface area contributed by atoms with Crippen molar-refractivity contribution in [1.82, 2.24) is 0 Å². The second-order valence-corrected chi connectivity index (χ2v) is 4.70. The van der Waals surface area contributed by atoms with Gasteiger partial charge >= 0.3 is 0 Å². The summed E-state index contributed by atoms with van der Waals surface area (Å²) in [5.41, 5.74) is 0. The highest BCUT2D eigenvalue weighted by Gasteiger charge is 2.12. The lowest BCUT2D eigenvalue weighted by Crippen LogP contribution is -2.06. The van der Waals surface area contributed by atoms with E-state index in [-0.39, 0.29) is 17.1 Å². The van der Waals surface area contributed by atoms with Gasteiger partial charge in [-0.2, -0.15) is 0 Å². The second kappa shape index (κ2) is 4.18. The third-order valence-corrected chi connectivity index (χ3v) is 3.37. The second-order valence-electron chi connectivity index (χ2n) is 2.59. The molecule has 0 unspecified atom stereocenters. The Morgan fingerprint density at radius 3 is 2.31 bits per heavy atom.